The average Bonchev–Trinajstić information content (AvgIpc) is 2.57. The average molecular weight is 237 g/mol. The second-order valence-corrected chi connectivity index (χ2v) is 5.66. The Morgan fingerprint density at radius 2 is 2.12 bits per heavy atom. The second-order valence-electron chi connectivity index (χ2n) is 5.66. The maximum Gasteiger partial charge on any atom is 0.0696 e. The third-order valence-electron chi connectivity index (χ3n) is 4.65. The zero-order chi connectivity index (χ0) is 12.1. The number of hydrogen-bond acceptors (Lipinski definition) is 2. The molecule has 0 aliphatic heterocycles. The van der Waals surface area contributed by atoms with E-state index < -0.39 is 0 Å². The number of hydrogen-bond donors (Lipinski definition) is 1. The van der Waals surface area contributed by atoms with E-state index >= 15 is 0 Å². The van der Waals surface area contributed by atoms with Gasteiger partial charge in [-0.25, -0.2) is 0 Å². The van der Waals surface area contributed by atoms with Crippen molar-refractivity contribution in [2.45, 2.75) is 69.4 Å². The molecule has 1 N–H and O–H groups in total. The molecule has 17 heavy (non-hydrogen) atoms. The Morgan fingerprint density at radius 3 is 2.71 bits per heavy atom. The maximum atomic E-state index is 5.76. The van der Waals surface area contributed by atoms with E-state index in [1.165, 1.54) is 51.4 Å². The van der Waals surface area contributed by atoms with E-state index in [-0.39, 0.29) is 5.60 Å². The molecule has 2 nitrogen and oxygen atoms in total. The van der Waals surface area contributed by atoms with E-state index in [2.05, 4.69) is 18.4 Å². The lowest BCUT2D eigenvalue weighted by Gasteiger charge is -2.43. The fourth-order valence-corrected chi connectivity index (χ4v) is 3.21. The molecule has 0 aromatic rings. The van der Waals surface area contributed by atoms with E-state index in [0.29, 0.717) is 6.04 Å². The van der Waals surface area contributed by atoms with Crippen molar-refractivity contribution >= 4 is 0 Å². The van der Waals surface area contributed by atoms with E-state index in [1.54, 1.807) is 5.57 Å². The molecular formula is C15H27NO. The monoisotopic (exact) mass is 237 g/mol. The fraction of sp³-hybridized carbons (Fsp3) is 0.867. The van der Waals surface area contributed by atoms with Crippen molar-refractivity contribution in [2.24, 2.45) is 0 Å². The first-order valence-corrected chi connectivity index (χ1v) is 7.21. The lowest BCUT2D eigenvalue weighted by Crippen LogP contribution is -2.45. The molecule has 2 rings (SSSR count). The molecule has 0 aromatic carbocycles. The first-order chi connectivity index (χ1) is 8.29. The number of allylic oxidation sites excluding steroid dienone is 1. The van der Waals surface area contributed by atoms with Gasteiger partial charge in [-0.1, -0.05) is 18.1 Å². The zero-order valence-electron chi connectivity index (χ0n) is 11.4. The Morgan fingerprint density at radius 1 is 1.29 bits per heavy atom. The van der Waals surface area contributed by atoms with Crippen molar-refractivity contribution in [3.63, 3.8) is 0 Å². The highest BCUT2D eigenvalue weighted by atomic mass is 16.5. The molecule has 2 aliphatic carbocycles. The molecule has 0 spiro atoms. The van der Waals surface area contributed by atoms with Gasteiger partial charge in [-0.2, -0.15) is 0 Å². The number of ether oxygens (including phenoxy) is 1. The van der Waals surface area contributed by atoms with Crippen LogP contribution in [0.5, 0.6) is 0 Å². The minimum absolute atomic E-state index is 0.181. The molecule has 0 heterocycles. The SMILES string of the molecule is CNC(CC1(OC)CCC1)C1=CCCCCC1. The first-order valence-electron chi connectivity index (χ1n) is 7.21. The van der Waals surface area contributed by atoms with Crippen LogP contribution in [-0.4, -0.2) is 25.8 Å². The summed E-state index contributed by atoms with van der Waals surface area (Å²) in [5.74, 6) is 0. The molecule has 0 radical (unpaired) electrons. The van der Waals surface area contributed by atoms with Crippen LogP contribution in [0.3, 0.4) is 0 Å². The lowest BCUT2D eigenvalue weighted by atomic mass is 9.74. The molecular weight excluding hydrogens is 210 g/mol. The molecule has 1 fully saturated rings. The van der Waals surface area contributed by atoms with Gasteiger partial charge in [0.1, 0.15) is 0 Å². The van der Waals surface area contributed by atoms with Gasteiger partial charge >= 0.3 is 0 Å². The minimum Gasteiger partial charge on any atom is -0.378 e. The molecule has 2 heteroatoms. The summed E-state index contributed by atoms with van der Waals surface area (Å²) in [5.41, 5.74) is 1.81. The first kappa shape index (κ1) is 13.1. The van der Waals surface area contributed by atoms with Crippen LogP contribution in [0, 0.1) is 0 Å². The van der Waals surface area contributed by atoms with Gasteiger partial charge in [0.25, 0.3) is 0 Å². The lowest BCUT2D eigenvalue weighted by molar-refractivity contribution is -0.0812. The van der Waals surface area contributed by atoms with Crippen molar-refractivity contribution in [3.8, 4) is 0 Å². The molecule has 1 atom stereocenters. The minimum atomic E-state index is 0.181. The number of likely N-dealkylation sites (N-methyl/N-ethyl adjacent to an activating group) is 1. The van der Waals surface area contributed by atoms with E-state index in [1.807, 2.05) is 7.11 Å². The van der Waals surface area contributed by atoms with Gasteiger partial charge in [-0.3, -0.25) is 0 Å². The van der Waals surface area contributed by atoms with Gasteiger partial charge in [-0.05, 0) is 58.4 Å². The highest BCUT2D eigenvalue weighted by molar-refractivity contribution is 5.14. The summed E-state index contributed by atoms with van der Waals surface area (Å²) in [7, 11) is 3.98. The Kier molecular flexibility index (Phi) is 4.63. The topological polar surface area (TPSA) is 21.3 Å². The van der Waals surface area contributed by atoms with Crippen molar-refractivity contribution in [3.05, 3.63) is 11.6 Å². The van der Waals surface area contributed by atoms with E-state index in [0.717, 1.165) is 6.42 Å². The van der Waals surface area contributed by atoms with E-state index in [4.69, 9.17) is 4.74 Å². The summed E-state index contributed by atoms with van der Waals surface area (Å²) >= 11 is 0. The Balaban J connectivity index is 1.97. The normalized spacial score (nSPS) is 25.6. The molecule has 0 bridgehead atoms. The maximum absolute atomic E-state index is 5.76. The van der Waals surface area contributed by atoms with Crippen molar-refractivity contribution in [1.29, 1.82) is 0 Å². The summed E-state index contributed by atoms with van der Waals surface area (Å²) in [6.07, 6.45) is 14.2. The molecule has 2 aliphatic rings. The summed E-state index contributed by atoms with van der Waals surface area (Å²) in [6, 6.07) is 0.536. The quantitative estimate of drug-likeness (QED) is 0.740. The van der Waals surface area contributed by atoms with Gasteiger partial charge < -0.3 is 10.1 Å². The Labute approximate surface area is 106 Å². The fourth-order valence-electron chi connectivity index (χ4n) is 3.21. The third-order valence-corrected chi connectivity index (χ3v) is 4.65. The van der Waals surface area contributed by atoms with Crippen LogP contribution in [-0.2, 0) is 4.74 Å². The Hall–Kier alpha value is -0.340. The molecule has 98 valence electrons. The third kappa shape index (κ3) is 3.11. The molecule has 0 amide bonds. The van der Waals surface area contributed by atoms with Crippen LogP contribution in [0.1, 0.15) is 57.8 Å². The highest BCUT2D eigenvalue weighted by Gasteiger charge is 2.39. The van der Waals surface area contributed by atoms with Crippen LogP contribution in [0.25, 0.3) is 0 Å². The predicted molar refractivity (Wildman–Crippen MR) is 72.2 cm³/mol. The standard InChI is InChI=1S/C15H27NO/c1-16-14(12-15(17-2)10-7-11-15)13-8-5-3-4-6-9-13/h8,14,16H,3-7,9-12H2,1-2H3. The van der Waals surface area contributed by atoms with Crippen LogP contribution >= 0.6 is 0 Å². The van der Waals surface area contributed by atoms with Crippen molar-refractivity contribution in [2.75, 3.05) is 14.2 Å². The Bertz CT molecular complexity index is 263. The molecule has 0 saturated heterocycles. The van der Waals surface area contributed by atoms with Gasteiger partial charge in [0, 0.05) is 13.2 Å². The molecule has 1 saturated carbocycles. The second kappa shape index (κ2) is 6.01. The largest absolute Gasteiger partial charge is 0.378 e. The zero-order valence-corrected chi connectivity index (χ0v) is 11.4. The van der Waals surface area contributed by atoms with Gasteiger partial charge in [0.05, 0.1) is 5.60 Å². The van der Waals surface area contributed by atoms with Gasteiger partial charge in [-0.15, -0.1) is 0 Å². The van der Waals surface area contributed by atoms with E-state index in [9.17, 15) is 0 Å². The van der Waals surface area contributed by atoms with Gasteiger partial charge in [0.2, 0.25) is 0 Å². The van der Waals surface area contributed by atoms with Crippen molar-refractivity contribution in [1.82, 2.24) is 5.32 Å². The molecule has 0 aromatic heterocycles. The number of rotatable bonds is 5. The van der Waals surface area contributed by atoms with Crippen LogP contribution < -0.4 is 5.32 Å². The van der Waals surface area contributed by atoms with Gasteiger partial charge in [0.15, 0.2) is 0 Å². The summed E-state index contributed by atoms with van der Waals surface area (Å²) in [4.78, 5) is 0. The predicted octanol–water partition coefficient (Wildman–Crippen LogP) is 3.42. The number of methoxy groups -OCH3 is 1. The molecule has 1 unspecified atom stereocenters. The number of nitrogens with one attached hydrogen (secondary N) is 1. The van der Waals surface area contributed by atoms with Crippen LogP contribution in [0.4, 0.5) is 0 Å². The summed E-state index contributed by atoms with van der Waals surface area (Å²) < 4.78 is 5.76. The summed E-state index contributed by atoms with van der Waals surface area (Å²) in [5, 5.41) is 3.51. The highest BCUT2D eigenvalue weighted by Crippen LogP contribution is 2.40. The van der Waals surface area contributed by atoms with Crippen molar-refractivity contribution < 1.29 is 4.74 Å². The van der Waals surface area contributed by atoms with Crippen LogP contribution in [0.2, 0.25) is 0 Å². The smallest absolute Gasteiger partial charge is 0.0696 e. The summed E-state index contributed by atoms with van der Waals surface area (Å²) in [6.45, 7) is 0. The van der Waals surface area contributed by atoms with Crippen LogP contribution in [0.15, 0.2) is 11.6 Å².